The monoisotopic (exact) mass is 401 g/mol. The number of aromatic amines is 1. The zero-order valence-corrected chi connectivity index (χ0v) is 16.6. The van der Waals surface area contributed by atoms with Gasteiger partial charge in [-0.1, -0.05) is 24.3 Å². The molecule has 2 aromatic heterocycles. The molecule has 5 rings (SSSR count). The lowest BCUT2D eigenvalue weighted by Crippen LogP contribution is -2.40. The molecule has 1 aliphatic heterocycles. The van der Waals surface area contributed by atoms with Gasteiger partial charge in [-0.05, 0) is 48.7 Å². The maximum atomic E-state index is 12.9. The minimum Gasteiger partial charge on any atom is -0.338 e. The fraction of sp³-hybridized carbons (Fsp3) is 0.261. The third-order valence-corrected chi connectivity index (χ3v) is 5.85. The molecule has 0 radical (unpaired) electrons. The number of nitrogens with one attached hydrogen (secondary N) is 1. The van der Waals surface area contributed by atoms with Gasteiger partial charge in [0, 0.05) is 37.1 Å². The highest BCUT2D eigenvalue weighted by Gasteiger charge is 2.26. The molecule has 1 N–H and O–H groups in total. The zero-order valence-electron chi connectivity index (χ0n) is 16.6. The first-order valence-corrected chi connectivity index (χ1v) is 10.2. The van der Waals surface area contributed by atoms with Crippen molar-refractivity contribution < 1.29 is 4.79 Å². The Hall–Kier alpha value is -3.61. The van der Waals surface area contributed by atoms with E-state index in [0.29, 0.717) is 25.2 Å². The van der Waals surface area contributed by atoms with Gasteiger partial charge in [-0.25, -0.2) is 4.79 Å². The SMILES string of the molecule is O=C(c1ccc(Cn2cccn2)cc1)N1CCC(n2c(=O)[nH]c3ccccc32)CC1. The number of carbonyl (C=O) groups excluding carboxylic acids is 1. The van der Waals surface area contributed by atoms with Gasteiger partial charge in [-0.3, -0.25) is 14.0 Å². The second kappa shape index (κ2) is 7.67. The van der Waals surface area contributed by atoms with Crippen LogP contribution in [0.2, 0.25) is 0 Å². The Balaban J connectivity index is 1.25. The van der Waals surface area contributed by atoms with Crippen LogP contribution >= 0.6 is 0 Å². The number of hydrogen-bond acceptors (Lipinski definition) is 3. The summed E-state index contributed by atoms with van der Waals surface area (Å²) in [6.45, 7) is 1.97. The third-order valence-electron chi connectivity index (χ3n) is 5.85. The molecule has 3 heterocycles. The minimum atomic E-state index is -0.0752. The topological polar surface area (TPSA) is 75.9 Å². The number of piperidine rings is 1. The highest BCUT2D eigenvalue weighted by atomic mass is 16.2. The summed E-state index contributed by atoms with van der Waals surface area (Å²) in [5, 5.41) is 4.21. The van der Waals surface area contributed by atoms with Gasteiger partial charge in [0.1, 0.15) is 0 Å². The van der Waals surface area contributed by atoms with Crippen molar-refractivity contribution in [3.63, 3.8) is 0 Å². The van der Waals surface area contributed by atoms with Crippen LogP contribution in [0.4, 0.5) is 0 Å². The molecule has 7 nitrogen and oxygen atoms in total. The van der Waals surface area contributed by atoms with Crippen molar-refractivity contribution in [3.8, 4) is 0 Å². The van der Waals surface area contributed by atoms with E-state index in [0.717, 1.165) is 29.4 Å². The van der Waals surface area contributed by atoms with Crippen molar-refractivity contribution >= 4 is 16.9 Å². The van der Waals surface area contributed by atoms with Crippen LogP contribution in [0.25, 0.3) is 11.0 Å². The first kappa shape index (κ1) is 18.4. The molecule has 2 aromatic carbocycles. The van der Waals surface area contributed by atoms with Crippen LogP contribution < -0.4 is 5.69 Å². The Morgan fingerprint density at radius 2 is 1.80 bits per heavy atom. The van der Waals surface area contributed by atoms with Gasteiger partial charge >= 0.3 is 5.69 Å². The minimum absolute atomic E-state index is 0.0466. The van der Waals surface area contributed by atoms with E-state index in [1.54, 1.807) is 6.20 Å². The molecule has 1 saturated heterocycles. The van der Waals surface area contributed by atoms with E-state index in [4.69, 9.17) is 0 Å². The molecule has 30 heavy (non-hydrogen) atoms. The molecule has 4 aromatic rings. The van der Waals surface area contributed by atoms with Gasteiger partial charge in [0.05, 0.1) is 17.6 Å². The molecular formula is C23H23N5O2. The number of likely N-dealkylation sites (tertiary alicyclic amines) is 1. The van der Waals surface area contributed by atoms with Crippen LogP contribution in [-0.4, -0.2) is 43.2 Å². The lowest BCUT2D eigenvalue weighted by atomic mass is 10.0. The highest BCUT2D eigenvalue weighted by molar-refractivity contribution is 5.94. The lowest BCUT2D eigenvalue weighted by molar-refractivity contribution is 0.0695. The number of fused-ring (bicyclic) bond motifs is 1. The zero-order chi connectivity index (χ0) is 20.5. The van der Waals surface area contributed by atoms with Crippen molar-refractivity contribution in [3.05, 3.63) is 88.6 Å². The summed E-state index contributed by atoms with van der Waals surface area (Å²) in [5.41, 5.74) is 3.51. The van der Waals surface area contributed by atoms with E-state index < -0.39 is 0 Å². The van der Waals surface area contributed by atoms with Crippen LogP contribution in [0.5, 0.6) is 0 Å². The van der Waals surface area contributed by atoms with Gasteiger partial charge in [0.25, 0.3) is 5.91 Å². The average Bonchev–Trinajstić information content (AvgIpc) is 3.40. The average molecular weight is 401 g/mol. The number of nitrogens with zero attached hydrogens (tertiary/aromatic N) is 4. The summed E-state index contributed by atoms with van der Waals surface area (Å²) in [6.07, 6.45) is 5.21. The van der Waals surface area contributed by atoms with E-state index >= 15 is 0 Å². The van der Waals surface area contributed by atoms with Crippen LogP contribution in [0.15, 0.2) is 71.8 Å². The van der Waals surface area contributed by atoms with Crippen molar-refractivity contribution in [1.82, 2.24) is 24.2 Å². The largest absolute Gasteiger partial charge is 0.338 e. The number of benzene rings is 2. The molecule has 1 fully saturated rings. The van der Waals surface area contributed by atoms with Crippen LogP contribution in [-0.2, 0) is 6.54 Å². The molecule has 1 amide bonds. The van der Waals surface area contributed by atoms with Gasteiger partial charge < -0.3 is 9.88 Å². The second-order valence-electron chi connectivity index (χ2n) is 7.74. The van der Waals surface area contributed by atoms with E-state index in [-0.39, 0.29) is 17.6 Å². The van der Waals surface area contributed by atoms with Gasteiger partial charge in [-0.15, -0.1) is 0 Å². The molecule has 1 aliphatic rings. The van der Waals surface area contributed by atoms with E-state index in [2.05, 4.69) is 10.1 Å². The number of aromatic nitrogens is 4. The highest BCUT2D eigenvalue weighted by Crippen LogP contribution is 2.25. The lowest BCUT2D eigenvalue weighted by Gasteiger charge is -2.32. The van der Waals surface area contributed by atoms with Crippen molar-refractivity contribution in [2.45, 2.75) is 25.4 Å². The van der Waals surface area contributed by atoms with E-state index in [1.807, 2.05) is 74.9 Å². The number of hydrogen-bond donors (Lipinski definition) is 1. The number of para-hydroxylation sites is 2. The van der Waals surface area contributed by atoms with Gasteiger partial charge in [0.2, 0.25) is 0 Å². The van der Waals surface area contributed by atoms with Gasteiger partial charge in [-0.2, -0.15) is 5.10 Å². The summed E-state index contributed by atoms with van der Waals surface area (Å²) in [5.74, 6) is 0.0466. The Morgan fingerprint density at radius 3 is 2.53 bits per heavy atom. The van der Waals surface area contributed by atoms with Crippen LogP contribution in [0, 0.1) is 0 Å². The smallest absolute Gasteiger partial charge is 0.326 e. The Kier molecular flexibility index (Phi) is 4.71. The fourth-order valence-electron chi connectivity index (χ4n) is 4.28. The molecule has 0 spiro atoms. The predicted molar refractivity (Wildman–Crippen MR) is 115 cm³/mol. The van der Waals surface area contributed by atoms with E-state index in [1.165, 1.54) is 0 Å². The Morgan fingerprint density at radius 1 is 1.03 bits per heavy atom. The van der Waals surface area contributed by atoms with Crippen LogP contribution in [0.3, 0.4) is 0 Å². The van der Waals surface area contributed by atoms with Crippen molar-refractivity contribution in [1.29, 1.82) is 0 Å². The first-order valence-electron chi connectivity index (χ1n) is 10.2. The summed E-state index contributed by atoms with van der Waals surface area (Å²) in [4.78, 5) is 30.2. The number of amides is 1. The van der Waals surface area contributed by atoms with Crippen molar-refractivity contribution in [2.24, 2.45) is 0 Å². The summed E-state index contributed by atoms with van der Waals surface area (Å²) in [7, 11) is 0. The number of carbonyl (C=O) groups is 1. The normalized spacial score (nSPS) is 15.0. The number of imidazole rings is 1. The third kappa shape index (κ3) is 3.43. The van der Waals surface area contributed by atoms with Crippen molar-refractivity contribution in [2.75, 3.05) is 13.1 Å². The number of H-pyrrole nitrogens is 1. The molecule has 152 valence electrons. The summed E-state index contributed by atoms with van der Waals surface area (Å²) < 4.78 is 3.70. The molecule has 0 saturated carbocycles. The maximum Gasteiger partial charge on any atom is 0.326 e. The summed E-state index contributed by atoms with van der Waals surface area (Å²) in [6, 6.07) is 17.5. The molecule has 0 atom stereocenters. The summed E-state index contributed by atoms with van der Waals surface area (Å²) >= 11 is 0. The second-order valence-corrected chi connectivity index (χ2v) is 7.74. The molecule has 0 aliphatic carbocycles. The number of rotatable bonds is 4. The van der Waals surface area contributed by atoms with Gasteiger partial charge in [0.15, 0.2) is 0 Å². The quantitative estimate of drug-likeness (QED) is 0.571. The molecule has 0 bridgehead atoms. The molecule has 7 heteroatoms. The fourth-order valence-corrected chi connectivity index (χ4v) is 4.28. The Bertz CT molecular complexity index is 1210. The Labute approximate surface area is 173 Å². The molecular weight excluding hydrogens is 378 g/mol. The van der Waals surface area contributed by atoms with E-state index in [9.17, 15) is 9.59 Å². The maximum absolute atomic E-state index is 12.9. The van der Waals surface area contributed by atoms with Crippen LogP contribution in [0.1, 0.15) is 34.8 Å². The predicted octanol–water partition coefficient (Wildman–Crippen LogP) is 3.05. The first-order chi connectivity index (χ1) is 14.7. The molecule has 0 unspecified atom stereocenters. The standard InChI is InChI=1S/C23H23N5O2/c29-22(18-8-6-17(7-9-18)16-27-13-3-12-24-27)26-14-10-19(11-15-26)28-21-5-2-1-4-20(21)25-23(28)30/h1-9,12-13,19H,10-11,14-16H2,(H,25,30).